The number of hydrogen-bond acceptors (Lipinski definition) is 2. The molecule has 0 spiro atoms. The van der Waals surface area contributed by atoms with Crippen molar-refractivity contribution in [2.24, 2.45) is 5.92 Å². The molecular formula is C7H11F2NO2. The van der Waals surface area contributed by atoms with Crippen molar-refractivity contribution >= 4 is 5.97 Å². The van der Waals surface area contributed by atoms with Gasteiger partial charge in [-0.25, -0.2) is 8.78 Å². The standard InChI is InChI=1S/C7H11F2NO2/c8-7(9)2-5(1-6(11)12)3-10-4-7/h5,10H,1-4H2,(H,11,12). The van der Waals surface area contributed by atoms with Gasteiger partial charge in [-0.05, 0) is 12.5 Å². The molecule has 0 saturated carbocycles. The first-order valence-corrected chi connectivity index (χ1v) is 3.80. The van der Waals surface area contributed by atoms with E-state index >= 15 is 0 Å². The van der Waals surface area contributed by atoms with E-state index in [9.17, 15) is 13.6 Å². The van der Waals surface area contributed by atoms with Crippen LogP contribution in [0.1, 0.15) is 12.8 Å². The fourth-order valence-corrected chi connectivity index (χ4v) is 1.42. The molecule has 3 nitrogen and oxygen atoms in total. The third kappa shape index (κ3) is 2.73. The molecule has 0 aromatic carbocycles. The van der Waals surface area contributed by atoms with E-state index in [1.807, 2.05) is 0 Å². The molecule has 70 valence electrons. The normalized spacial score (nSPS) is 28.3. The van der Waals surface area contributed by atoms with Crippen molar-refractivity contribution in [3.8, 4) is 0 Å². The summed E-state index contributed by atoms with van der Waals surface area (Å²) in [5.74, 6) is -4.19. The summed E-state index contributed by atoms with van der Waals surface area (Å²) in [5, 5.41) is 10.9. The molecule has 5 heteroatoms. The minimum atomic E-state index is -2.74. The van der Waals surface area contributed by atoms with Gasteiger partial charge in [-0.1, -0.05) is 0 Å². The zero-order valence-electron chi connectivity index (χ0n) is 6.52. The van der Waals surface area contributed by atoms with Crippen molar-refractivity contribution in [3.63, 3.8) is 0 Å². The smallest absolute Gasteiger partial charge is 0.303 e. The van der Waals surface area contributed by atoms with E-state index in [2.05, 4.69) is 5.32 Å². The Kier molecular flexibility index (Phi) is 2.62. The molecule has 1 heterocycles. The van der Waals surface area contributed by atoms with Crippen LogP contribution in [0.4, 0.5) is 8.78 Å². The summed E-state index contributed by atoms with van der Waals surface area (Å²) in [6.07, 6.45) is -0.491. The lowest BCUT2D eigenvalue weighted by molar-refractivity contribution is -0.139. The van der Waals surface area contributed by atoms with Gasteiger partial charge in [0.1, 0.15) is 0 Å². The topological polar surface area (TPSA) is 49.3 Å². The van der Waals surface area contributed by atoms with E-state index in [1.54, 1.807) is 0 Å². The van der Waals surface area contributed by atoms with Crippen molar-refractivity contribution in [1.82, 2.24) is 5.32 Å². The molecule has 1 atom stereocenters. The molecule has 12 heavy (non-hydrogen) atoms. The Morgan fingerprint density at radius 2 is 2.33 bits per heavy atom. The fourth-order valence-electron chi connectivity index (χ4n) is 1.42. The number of piperidine rings is 1. The molecule has 0 bridgehead atoms. The summed E-state index contributed by atoms with van der Waals surface area (Å²) in [7, 11) is 0. The third-order valence-corrected chi connectivity index (χ3v) is 1.87. The molecule has 0 aromatic rings. The van der Waals surface area contributed by atoms with Gasteiger partial charge in [0.2, 0.25) is 0 Å². The minimum absolute atomic E-state index is 0.178. The van der Waals surface area contributed by atoms with Crippen LogP contribution < -0.4 is 5.32 Å². The van der Waals surface area contributed by atoms with Crippen molar-refractivity contribution in [2.75, 3.05) is 13.1 Å². The number of alkyl halides is 2. The maximum absolute atomic E-state index is 12.6. The molecule has 0 amide bonds. The van der Waals surface area contributed by atoms with Crippen molar-refractivity contribution in [2.45, 2.75) is 18.8 Å². The summed E-state index contributed by atoms with van der Waals surface area (Å²) in [5.41, 5.74) is 0. The number of carbonyl (C=O) groups is 1. The second-order valence-electron chi connectivity index (χ2n) is 3.15. The zero-order valence-corrected chi connectivity index (χ0v) is 6.52. The number of carboxylic acids is 1. The van der Waals surface area contributed by atoms with E-state index in [1.165, 1.54) is 0 Å². The molecule has 1 fully saturated rings. The van der Waals surface area contributed by atoms with Crippen LogP contribution in [0, 0.1) is 5.92 Å². The number of nitrogens with one attached hydrogen (secondary N) is 1. The maximum atomic E-state index is 12.6. The van der Waals surface area contributed by atoms with E-state index in [-0.39, 0.29) is 19.4 Å². The van der Waals surface area contributed by atoms with Crippen LogP contribution in [0.5, 0.6) is 0 Å². The summed E-state index contributed by atoms with van der Waals surface area (Å²) < 4.78 is 25.3. The molecule has 1 unspecified atom stereocenters. The van der Waals surface area contributed by atoms with Crippen LogP contribution in [0.25, 0.3) is 0 Å². The number of aliphatic carboxylic acids is 1. The van der Waals surface area contributed by atoms with Gasteiger partial charge in [0.15, 0.2) is 0 Å². The van der Waals surface area contributed by atoms with Crippen LogP contribution in [0.3, 0.4) is 0 Å². The SMILES string of the molecule is O=C(O)CC1CNCC(F)(F)C1. The highest BCUT2D eigenvalue weighted by atomic mass is 19.3. The number of rotatable bonds is 2. The van der Waals surface area contributed by atoms with Crippen molar-refractivity contribution < 1.29 is 18.7 Å². The Balaban J connectivity index is 2.41. The molecule has 0 aromatic heterocycles. The predicted molar refractivity (Wildman–Crippen MR) is 38.2 cm³/mol. The average molecular weight is 179 g/mol. The minimum Gasteiger partial charge on any atom is -0.481 e. The highest BCUT2D eigenvalue weighted by molar-refractivity contribution is 5.67. The lowest BCUT2D eigenvalue weighted by Gasteiger charge is -2.28. The Morgan fingerprint density at radius 1 is 1.67 bits per heavy atom. The van der Waals surface area contributed by atoms with Gasteiger partial charge < -0.3 is 10.4 Å². The summed E-state index contributed by atoms with van der Waals surface area (Å²) in [4.78, 5) is 10.2. The lowest BCUT2D eigenvalue weighted by Crippen LogP contribution is -2.44. The number of halogens is 2. The number of carboxylic acid groups (broad SMARTS) is 1. The van der Waals surface area contributed by atoms with Crippen LogP contribution in [0.15, 0.2) is 0 Å². The first-order valence-electron chi connectivity index (χ1n) is 3.80. The van der Waals surface area contributed by atoms with Crippen LogP contribution in [-0.4, -0.2) is 30.1 Å². The Bertz CT molecular complexity index is 184. The summed E-state index contributed by atoms with van der Waals surface area (Å²) in [6.45, 7) is 0.0466. The Morgan fingerprint density at radius 3 is 2.83 bits per heavy atom. The van der Waals surface area contributed by atoms with E-state index in [0.717, 1.165) is 0 Å². The highest BCUT2D eigenvalue weighted by Crippen LogP contribution is 2.27. The summed E-state index contributed by atoms with van der Waals surface area (Å²) in [6, 6.07) is 0. The van der Waals surface area contributed by atoms with E-state index in [4.69, 9.17) is 5.11 Å². The molecule has 1 rings (SSSR count). The second kappa shape index (κ2) is 3.35. The number of hydrogen-bond donors (Lipinski definition) is 2. The van der Waals surface area contributed by atoms with Gasteiger partial charge in [-0.2, -0.15) is 0 Å². The van der Waals surface area contributed by atoms with E-state index in [0.29, 0.717) is 6.54 Å². The van der Waals surface area contributed by atoms with Gasteiger partial charge in [0.25, 0.3) is 5.92 Å². The molecule has 1 aliphatic rings. The quantitative estimate of drug-likeness (QED) is 0.656. The van der Waals surface area contributed by atoms with Gasteiger partial charge in [-0.3, -0.25) is 4.79 Å². The van der Waals surface area contributed by atoms with Gasteiger partial charge in [-0.15, -0.1) is 0 Å². The molecule has 1 saturated heterocycles. The Labute approximate surface area is 68.8 Å². The largest absolute Gasteiger partial charge is 0.481 e. The highest BCUT2D eigenvalue weighted by Gasteiger charge is 2.36. The maximum Gasteiger partial charge on any atom is 0.303 e. The first kappa shape index (κ1) is 9.38. The van der Waals surface area contributed by atoms with Gasteiger partial charge in [0.05, 0.1) is 6.54 Å². The van der Waals surface area contributed by atoms with Gasteiger partial charge >= 0.3 is 5.97 Å². The van der Waals surface area contributed by atoms with Crippen LogP contribution >= 0.6 is 0 Å². The molecule has 1 aliphatic heterocycles. The Hall–Kier alpha value is -0.710. The molecule has 0 aliphatic carbocycles. The predicted octanol–water partition coefficient (Wildman–Crippen LogP) is 0.706. The zero-order chi connectivity index (χ0) is 9.19. The average Bonchev–Trinajstić information content (AvgIpc) is 1.82. The summed E-state index contributed by atoms with van der Waals surface area (Å²) >= 11 is 0. The lowest BCUT2D eigenvalue weighted by atomic mass is 9.94. The monoisotopic (exact) mass is 179 g/mol. The first-order chi connectivity index (χ1) is 5.49. The molecule has 2 N–H and O–H groups in total. The third-order valence-electron chi connectivity index (χ3n) is 1.87. The van der Waals surface area contributed by atoms with Crippen LogP contribution in [0.2, 0.25) is 0 Å². The fraction of sp³-hybridized carbons (Fsp3) is 0.857. The van der Waals surface area contributed by atoms with Crippen molar-refractivity contribution in [1.29, 1.82) is 0 Å². The van der Waals surface area contributed by atoms with Gasteiger partial charge in [0, 0.05) is 12.8 Å². The second-order valence-corrected chi connectivity index (χ2v) is 3.15. The molecule has 0 radical (unpaired) electrons. The molecular weight excluding hydrogens is 168 g/mol. The van der Waals surface area contributed by atoms with E-state index < -0.39 is 17.8 Å². The van der Waals surface area contributed by atoms with Crippen molar-refractivity contribution in [3.05, 3.63) is 0 Å². The van der Waals surface area contributed by atoms with Crippen LogP contribution in [-0.2, 0) is 4.79 Å².